The number of hydrogen-bond donors (Lipinski definition) is 1. The summed E-state index contributed by atoms with van der Waals surface area (Å²) in [4.78, 5) is 12.6. The number of aryl methyl sites for hydroxylation is 1. The van der Waals surface area contributed by atoms with Gasteiger partial charge in [0.2, 0.25) is 5.91 Å². The molecule has 9 heteroatoms. The maximum absolute atomic E-state index is 12.6. The molecule has 3 aromatic rings. The molecule has 0 radical (unpaired) electrons. The number of anilines is 1. The lowest BCUT2D eigenvalue weighted by Gasteiger charge is -2.20. The van der Waals surface area contributed by atoms with Gasteiger partial charge in [-0.2, -0.15) is 5.10 Å². The summed E-state index contributed by atoms with van der Waals surface area (Å²) in [7, 11) is 4.78. The third kappa shape index (κ3) is 3.81. The van der Waals surface area contributed by atoms with Gasteiger partial charge in [-0.05, 0) is 25.1 Å². The quantitative estimate of drug-likeness (QED) is 0.599. The second kappa shape index (κ2) is 8.72. The summed E-state index contributed by atoms with van der Waals surface area (Å²) in [5, 5.41) is 8.04. The number of carbonyl (C=O) groups is 1. The molecule has 2 aromatic carbocycles. The number of benzene rings is 2. The number of fused-ring (bicyclic) bond motifs is 1. The molecule has 1 N–H and O–H groups in total. The van der Waals surface area contributed by atoms with Gasteiger partial charge in [-0.3, -0.25) is 4.79 Å². The van der Waals surface area contributed by atoms with E-state index >= 15 is 0 Å². The molecular weight excluding hydrogens is 438 g/mol. The topological polar surface area (TPSA) is 74.6 Å². The molecule has 162 valence electrons. The van der Waals surface area contributed by atoms with Gasteiger partial charge in [0.15, 0.2) is 11.5 Å². The third-order valence-corrected chi connectivity index (χ3v) is 6.68. The summed E-state index contributed by atoms with van der Waals surface area (Å²) >= 11 is 7.93. The van der Waals surface area contributed by atoms with Crippen LogP contribution in [0.3, 0.4) is 0 Å². The lowest BCUT2D eigenvalue weighted by Crippen LogP contribution is -2.16. The van der Waals surface area contributed by atoms with E-state index in [1.54, 1.807) is 38.1 Å². The van der Waals surface area contributed by atoms with Crippen molar-refractivity contribution < 1.29 is 19.0 Å². The zero-order valence-corrected chi connectivity index (χ0v) is 19.1. The number of nitrogens with zero attached hydrogens (tertiary/aromatic N) is 2. The Hall–Kier alpha value is -2.84. The monoisotopic (exact) mass is 459 g/mol. The van der Waals surface area contributed by atoms with Crippen LogP contribution in [-0.2, 0) is 4.79 Å². The summed E-state index contributed by atoms with van der Waals surface area (Å²) in [6.07, 6.45) is 0. The molecule has 0 unspecified atom stereocenters. The lowest BCUT2D eigenvalue weighted by molar-refractivity contribution is -0.113. The van der Waals surface area contributed by atoms with Crippen molar-refractivity contribution in [3.05, 3.63) is 58.2 Å². The minimum atomic E-state index is -0.222. The van der Waals surface area contributed by atoms with Gasteiger partial charge in [0, 0.05) is 17.2 Å². The van der Waals surface area contributed by atoms with E-state index in [2.05, 4.69) is 5.32 Å². The van der Waals surface area contributed by atoms with Crippen LogP contribution in [0, 0.1) is 6.92 Å². The van der Waals surface area contributed by atoms with E-state index < -0.39 is 0 Å². The van der Waals surface area contributed by atoms with Gasteiger partial charge in [-0.1, -0.05) is 23.7 Å². The molecular formula is C22H22ClN3O4S. The molecule has 31 heavy (non-hydrogen) atoms. The molecule has 0 spiro atoms. The number of amides is 1. The summed E-state index contributed by atoms with van der Waals surface area (Å²) in [5.74, 6) is 2.56. The molecule has 2 heterocycles. The largest absolute Gasteiger partial charge is 0.496 e. The molecule has 1 aromatic heterocycles. The molecule has 4 rings (SSSR count). The first kappa shape index (κ1) is 21.4. The van der Waals surface area contributed by atoms with Gasteiger partial charge in [-0.25, -0.2) is 4.68 Å². The molecule has 0 saturated heterocycles. The van der Waals surface area contributed by atoms with Gasteiger partial charge < -0.3 is 19.5 Å². The van der Waals surface area contributed by atoms with Crippen LogP contribution in [0.1, 0.15) is 22.1 Å². The van der Waals surface area contributed by atoms with Gasteiger partial charge in [0.05, 0.1) is 48.7 Å². The van der Waals surface area contributed by atoms with Crippen molar-refractivity contribution in [2.75, 3.05) is 32.4 Å². The number of para-hydroxylation sites is 1. The Kier molecular flexibility index (Phi) is 6.02. The van der Waals surface area contributed by atoms with Gasteiger partial charge in [-0.15, -0.1) is 11.8 Å². The average Bonchev–Trinajstić information content (AvgIpc) is 2.98. The zero-order valence-electron chi connectivity index (χ0n) is 17.6. The second-order valence-corrected chi connectivity index (χ2v) is 8.40. The predicted molar refractivity (Wildman–Crippen MR) is 122 cm³/mol. The molecule has 7 nitrogen and oxygen atoms in total. The zero-order chi connectivity index (χ0) is 22.1. The number of methoxy groups -OCH3 is 3. The molecule has 0 aliphatic carbocycles. The number of hydrogen-bond acceptors (Lipinski definition) is 6. The van der Waals surface area contributed by atoms with E-state index in [0.29, 0.717) is 33.8 Å². The minimum Gasteiger partial charge on any atom is -0.496 e. The van der Waals surface area contributed by atoms with Crippen molar-refractivity contribution in [3.8, 4) is 22.9 Å². The first-order valence-corrected chi connectivity index (χ1v) is 11.0. The lowest BCUT2D eigenvalue weighted by atomic mass is 10.0. The Morgan fingerprint density at radius 1 is 1.10 bits per heavy atom. The predicted octanol–water partition coefficient (Wildman–Crippen LogP) is 4.63. The maximum Gasteiger partial charge on any atom is 0.235 e. The highest BCUT2D eigenvalue weighted by Gasteiger charge is 2.33. The van der Waals surface area contributed by atoms with E-state index in [1.165, 1.54) is 11.8 Å². The van der Waals surface area contributed by atoms with Crippen molar-refractivity contribution in [2.45, 2.75) is 12.2 Å². The van der Waals surface area contributed by atoms with Gasteiger partial charge in [0.1, 0.15) is 11.6 Å². The SMILES string of the molecule is COc1cc(OC)c([C@H]2SCC(=O)Nc3c2c(C)nn3-c2ccccc2Cl)cc1OC. The van der Waals surface area contributed by atoms with Crippen molar-refractivity contribution in [1.82, 2.24) is 9.78 Å². The molecule has 1 atom stereocenters. The van der Waals surface area contributed by atoms with Crippen molar-refractivity contribution in [1.29, 1.82) is 0 Å². The standard InChI is InChI=1S/C22H22ClN3O4S/c1-12-20-21(13-9-17(29-3)18(30-4)10-16(13)28-2)31-11-19(27)24-22(20)26(25-12)15-8-6-5-7-14(15)23/h5-10,21H,11H2,1-4H3,(H,24,27)/t21-/m1/s1. The minimum absolute atomic E-state index is 0.110. The number of halogens is 1. The van der Waals surface area contributed by atoms with E-state index in [4.69, 9.17) is 30.9 Å². The Balaban J connectivity index is 1.94. The van der Waals surface area contributed by atoms with Crippen LogP contribution in [0.4, 0.5) is 5.82 Å². The summed E-state index contributed by atoms with van der Waals surface area (Å²) in [6, 6.07) is 11.1. The van der Waals surface area contributed by atoms with Crippen molar-refractivity contribution in [2.24, 2.45) is 0 Å². The van der Waals surface area contributed by atoms with Crippen LogP contribution in [0.25, 0.3) is 5.69 Å². The number of thioether (sulfide) groups is 1. The number of rotatable bonds is 5. The van der Waals surface area contributed by atoms with Gasteiger partial charge >= 0.3 is 0 Å². The summed E-state index contributed by atoms with van der Waals surface area (Å²) in [5.41, 5.74) is 3.23. The third-order valence-electron chi connectivity index (χ3n) is 5.11. The Morgan fingerprint density at radius 3 is 2.45 bits per heavy atom. The maximum atomic E-state index is 12.6. The van der Waals surface area contributed by atoms with Crippen molar-refractivity contribution in [3.63, 3.8) is 0 Å². The number of carbonyl (C=O) groups excluding carboxylic acids is 1. The van der Waals surface area contributed by atoms with E-state index in [-0.39, 0.29) is 16.9 Å². The Bertz CT molecular complexity index is 1150. The molecule has 0 fully saturated rings. The van der Waals surface area contributed by atoms with E-state index in [9.17, 15) is 4.79 Å². The normalized spacial score (nSPS) is 15.6. The van der Waals surface area contributed by atoms with Crippen LogP contribution in [0.5, 0.6) is 17.2 Å². The molecule has 1 amide bonds. The van der Waals surface area contributed by atoms with Gasteiger partial charge in [0.25, 0.3) is 0 Å². The first-order chi connectivity index (χ1) is 15.0. The number of nitrogens with one attached hydrogen (secondary N) is 1. The van der Waals surface area contributed by atoms with Crippen LogP contribution in [0.15, 0.2) is 36.4 Å². The van der Waals surface area contributed by atoms with Crippen LogP contribution < -0.4 is 19.5 Å². The summed E-state index contributed by atoms with van der Waals surface area (Å²) < 4.78 is 18.3. The van der Waals surface area contributed by atoms with E-state index in [0.717, 1.165) is 16.8 Å². The molecule has 1 aliphatic rings. The highest BCUT2D eigenvalue weighted by Crippen LogP contribution is 2.49. The number of aromatic nitrogens is 2. The Labute approximate surface area is 189 Å². The number of ether oxygens (including phenoxy) is 3. The van der Waals surface area contributed by atoms with Crippen LogP contribution in [-0.4, -0.2) is 42.8 Å². The first-order valence-electron chi connectivity index (χ1n) is 9.54. The highest BCUT2D eigenvalue weighted by atomic mass is 35.5. The van der Waals surface area contributed by atoms with E-state index in [1.807, 2.05) is 31.2 Å². The molecule has 1 aliphatic heterocycles. The second-order valence-electron chi connectivity index (χ2n) is 6.90. The smallest absolute Gasteiger partial charge is 0.235 e. The van der Waals surface area contributed by atoms with Crippen LogP contribution >= 0.6 is 23.4 Å². The Morgan fingerprint density at radius 2 is 1.77 bits per heavy atom. The van der Waals surface area contributed by atoms with Crippen LogP contribution in [0.2, 0.25) is 5.02 Å². The molecule has 0 bridgehead atoms. The highest BCUT2D eigenvalue weighted by molar-refractivity contribution is 8.00. The fraction of sp³-hybridized carbons (Fsp3) is 0.273. The fourth-order valence-electron chi connectivity index (χ4n) is 3.68. The molecule has 0 saturated carbocycles. The summed E-state index contributed by atoms with van der Waals surface area (Å²) in [6.45, 7) is 1.92. The average molecular weight is 460 g/mol. The fourth-order valence-corrected chi connectivity index (χ4v) is 5.10. The van der Waals surface area contributed by atoms with Crippen molar-refractivity contribution >= 4 is 35.1 Å².